The number of benzene rings is 1. The summed E-state index contributed by atoms with van der Waals surface area (Å²) in [5, 5.41) is 13.3. The lowest BCUT2D eigenvalue weighted by Gasteiger charge is -2.11. The normalized spacial score (nSPS) is 11.3. The summed E-state index contributed by atoms with van der Waals surface area (Å²) in [6.45, 7) is 1.85. The second-order valence-corrected chi connectivity index (χ2v) is 6.88. The summed E-state index contributed by atoms with van der Waals surface area (Å²) in [5.41, 5.74) is 12.2. The van der Waals surface area contributed by atoms with E-state index in [0.717, 1.165) is 33.7 Å². The zero-order valence-electron chi connectivity index (χ0n) is 16.1. The Hall–Kier alpha value is -4.04. The Morgan fingerprint density at radius 3 is 2.57 bits per heavy atom. The molecule has 3 N–H and O–H groups in total. The van der Waals surface area contributed by atoms with Crippen molar-refractivity contribution in [3.05, 3.63) is 72.2 Å². The summed E-state index contributed by atoms with van der Waals surface area (Å²) in [7, 11) is 0. The van der Waals surface area contributed by atoms with Crippen molar-refractivity contribution >= 4 is 17.0 Å². The van der Waals surface area contributed by atoms with Gasteiger partial charge in [0.25, 0.3) is 0 Å². The van der Waals surface area contributed by atoms with Crippen LogP contribution in [0.25, 0.3) is 39.5 Å². The van der Waals surface area contributed by atoms with E-state index in [1.54, 1.807) is 12.5 Å². The number of aliphatic hydroxyl groups is 1. The summed E-state index contributed by atoms with van der Waals surface area (Å²) in [6.07, 6.45) is 3.23. The number of nitrogens with two attached hydrogens (primary N) is 1. The van der Waals surface area contributed by atoms with E-state index >= 15 is 0 Å². The Balaban J connectivity index is 1.80. The topological polar surface area (TPSA) is 116 Å². The SMILES string of the molecule is Cc1nocc1-c1ccc2nc(-c3cccnc3N)n(-c3ccc(CO)cc3)c2n1. The van der Waals surface area contributed by atoms with Crippen molar-refractivity contribution in [2.75, 3.05) is 5.73 Å². The molecule has 0 radical (unpaired) electrons. The Bertz CT molecular complexity index is 1350. The lowest BCUT2D eigenvalue weighted by molar-refractivity contribution is 0.282. The Morgan fingerprint density at radius 2 is 1.87 bits per heavy atom. The van der Waals surface area contributed by atoms with Crippen LogP contribution < -0.4 is 5.73 Å². The van der Waals surface area contributed by atoms with Gasteiger partial charge in [-0.25, -0.2) is 15.0 Å². The van der Waals surface area contributed by atoms with Gasteiger partial charge in [0, 0.05) is 11.9 Å². The third-order valence-electron chi connectivity index (χ3n) is 4.99. The van der Waals surface area contributed by atoms with Crippen molar-refractivity contribution in [2.45, 2.75) is 13.5 Å². The second-order valence-electron chi connectivity index (χ2n) is 6.88. The number of hydrogen-bond donors (Lipinski definition) is 2. The van der Waals surface area contributed by atoms with Crippen LogP contribution in [0.5, 0.6) is 0 Å². The lowest BCUT2D eigenvalue weighted by atomic mass is 10.2. The van der Waals surface area contributed by atoms with Gasteiger partial charge in [-0.3, -0.25) is 4.57 Å². The van der Waals surface area contributed by atoms with E-state index in [4.69, 9.17) is 20.2 Å². The van der Waals surface area contributed by atoms with Crippen LogP contribution in [0.15, 0.2) is 65.5 Å². The number of nitrogen functional groups attached to an aromatic ring is 1. The lowest BCUT2D eigenvalue weighted by Crippen LogP contribution is -2.02. The molecule has 0 bridgehead atoms. The third-order valence-corrected chi connectivity index (χ3v) is 4.99. The van der Waals surface area contributed by atoms with Gasteiger partial charge in [0.15, 0.2) is 11.5 Å². The van der Waals surface area contributed by atoms with Gasteiger partial charge in [0.1, 0.15) is 17.6 Å². The first-order valence-corrected chi connectivity index (χ1v) is 9.37. The summed E-state index contributed by atoms with van der Waals surface area (Å²) >= 11 is 0. The fraction of sp³-hybridized carbons (Fsp3) is 0.0909. The highest BCUT2D eigenvalue weighted by Crippen LogP contribution is 2.32. The zero-order valence-corrected chi connectivity index (χ0v) is 16.1. The average molecular weight is 398 g/mol. The van der Waals surface area contributed by atoms with Crippen LogP contribution in [-0.4, -0.2) is 29.8 Å². The molecule has 0 saturated heterocycles. The Morgan fingerprint density at radius 1 is 1.03 bits per heavy atom. The van der Waals surface area contributed by atoms with E-state index in [9.17, 15) is 5.11 Å². The summed E-state index contributed by atoms with van der Waals surface area (Å²) in [6, 6.07) is 15.1. The molecule has 0 saturated carbocycles. The molecular weight excluding hydrogens is 380 g/mol. The van der Waals surface area contributed by atoms with Gasteiger partial charge in [-0.2, -0.15) is 0 Å². The van der Waals surface area contributed by atoms with Gasteiger partial charge in [-0.1, -0.05) is 17.3 Å². The van der Waals surface area contributed by atoms with Crippen molar-refractivity contribution < 1.29 is 9.63 Å². The predicted molar refractivity (Wildman–Crippen MR) is 113 cm³/mol. The predicted octanol–water partition coefficient (Wildman–Crippen LogP) is 3.52. The van der Waals surface area contributed by atoms with Crippen LogP contribution in [0.4, 0.5) is 5.82 Å². The fourth-order valence-electron chi connectivity index (χ4n) is 3.43. The minimum Gasteiger partial charge on any atom is -0.392 e. The highest BCUT2D eigenvalue weighted by molar-refractivity contribution is 5.84. The van der Waals surface area contributed by atoms with Gasteiger partial charge in [-0.05, 0) is 48.9 Å². The van der Waals surface area contributed by atoms with E-state index in [1.165, 1.54) is 0 Å². The maximum absolute atomic E-state index is 9.40. The van der Waals surface area contributed by atoms with Crippen LogP contribution >= 0.6 is 0 Å². The molecule has 4 aromatic heterocycles. The van der Waals surface area contributed by atoms with Crippen molar-refractivity contribution in [3.63, 3.8) is 0 Å². The Kier molecular flexibility index (Phi) is 4.26. The largest absolute Gasteiger partial charge is 0.392 e. The van der Waals surface area contributed by atoms with Crippen LogP contribution in [0.1, 0.15) is 11.3 Å². The van der Waals surface area contributed by atoms with Crippen molar-refractivity contribution in [2.24, 2.45) is 0 Å². The molecule has 0 aliphatic heterocycles. The molecule has 5 aromatic rings. The molecule has 4 heterocycles. The number of fused-ring (bicyclic) bond motifs is 1. The first-order valence-electron chi connectivity index (χ1n) is 9.37. The number of rotatable bonds is 4. The molecule has 148 valence electrons. The molecule has 30 heavy (non-hydrogen) atoms. The number of pyridine rings is 2. The molecule has 0 aliphatic rings. The van der Waals surface area contributed by atoms with Crippen molar-refractivity contribution in [3.8, 4) is 28.3 Å². The van der Waals surface area contributed by atoms with Crippen molar-refractivity contribution in [1.29, 1.82) is 0 Å². The molecule has 0 amide bonds. The molecule has 0 spiro atoms. The highest BCUT2D eigenvalue weighted by Gasteiger charge is 2.19. The number of hydrogen-bond acceptors (Lipinski definition) is 7. The molecule has 0 unspecified atom stereocenters. The molecule has 1 aromatic carbocycles. The van der Waals surface area contributed by atoms with Gasteiger partial charge in [-0.15, -0.1) is 0 Å². The first kappa shape index (κ1) is 18.0. The van der Waals surface area contributed by atoms with E-state index in [2.05, 4.69) is 10.1 Å². The van der Waals surface area contributed by atoms with Gasteiger partial charge in [0.2, 0.25) is 0 Å². The number of imidazole rings is 1. The van der Waals surface area contributed by atoms with E-state index < -0.39 is 0 Å². The maximum atomic E-state index is 9.40. The van der Waals surface area contributed by atoms with E-state index in [0.29, 0.717) is 22.9 Å². The van der Waals surface area contributed by atoms with Gasteiger partial charge in [0.05, 0.1) is 29.1 Å². The third kappa shape index (κ3) is 2.90. The molecular formula is C22H18N6O2. The van der Waals surface area contributed by atoms with E-state index in [1.807, 2.05) is 60.0 Å². The standard InChI is InChI=1S/C22H18N6O2/c1-13-17(12-30-27-13)18-8-9-19-22(25-18)28(15-6-4-14(11-29)5-7-15)21(26-19)16-3-2-10-24-20(16)23/h2-10,12,29H,11H2,1H3,(H2,23,24). The van der Waals surface area contributed by atoms with Crippen LogP contribution in [0, 0.1) is 6.92 Å². The number of aliphatic hydroxyl groups excluding tert-OH is 1. The summed E-state index contributed by atoms with van der Waals surface area (Å²) < 4.78 is 7.02. The molecule has 0 atom stereocenters. The van der Waals surface area contributed by atoms with Crippen LogP contribution in [0.2, 0.25) is 0 Å². The molecule has 8 heteroatoms. The molecule has 5 rings (SSSR count). The monoisotopic (exact) mass is 398 g/mol. The van der Waals surface area contributed by atoms with Gasteiger partial charge >= 0.3 is 0 Å². The van der Waals surface area contributed by atoms with Crippen LogP contribution in [0.3, 0.4) is 0 Å². The average Bonchev–Trinajstić information content (AvgIpc) is 3.37. The Labute approximate surface area is 171 Å². The maximum Gasteiger partial charge on any atom is 0.165 e. The molecule has 0 fully saturated rings. The van der Waals surface area contributed by atoms with Gasteiger partial charge < -0.3 is 15.4 Å². The highest BCUT2D eigenvalue weighted by atomic mass is 16.5. The molecule has 0 aliphatic carbocycles. The minimum atomic E-state index is -0.0253. The number of aromatic nitrogens is 5. The molecule has 8 nitrogen and oxygen atoms in total. The number of aryl methyl sites for hydroxylation is 1. The minimum absolute atomic E-state index is 0.0253. The smallest absolute Gasteiger partial charge is 0.165 e. The number of anilines is 1. The quantitative estimate of drug-likeness (QED) is 0.476. The number of nitrogens with zero attached hydrogens (tertiary/aromatic N) is 5. The summed E-state index contributed by atoms with van der Waals surface area (Å²) in [4.78, 5) is 13.9. The second kappa shape index (κ2) is 7.09. The van der Waals surface area contributed by atoms with Crippen molar-refractivity contribution in [1.82, 2.24) is 24.7 Å². The first-order chi connectivity index (χ1) is 14.7. The van der Waals surface area contributed by atoms with E-state index in [-0.39, 0.29) is 6.61 Å². The zero-order chi connectivity index (χ0) is 20.7. The summed E-state index contributed by atoms with van der Waals surface area (Å²) in [5.74, 6) is 1.02. The fourth-order valence-corrected chi connectivity index (χ4v) is 3.43. The van der Waals surface area contributed by atoms with Crippen LogP contribution in [-0.2, 0) is 6.61 Å².